The molecule has 1 N–H and O–H groups in total. The molecule has 6 heteroatoms. The molecular formula is C28H38N2O4. The zero-order chi connectivity index (χ0) is 24.0. The fraction of sp³-hybridized carbons (Fsp3) is 0.536. The van der Waals surface area contributed by atoms with Gasteiger partial charge in [0.25, 0.3) is 0 Å². The molecule has 1 amide bonds. The number of nitrogens with zero attached hydrogens (tertiary/aromatic N) is 1. The zero-order valence-corrected chi connectivity index (χ0v) is 20.7. The van der Waals surface area contributed by atoms with E-state index in [-0.39, 0.29) is 5.91 Å². The van der Waals surface area contributed by atoms with Gasteiger partial charge in [-0.15, -0.1) is 0 Å². The van der Waals surface area contributed by atoms with Crippen molar-refractivity contribution in [2.24, 2.45) is 11.8 Å². The van der Waals surface area contributed by atoms with Crippen molar-refractivity contribution in [2.45, 2.75) is 38.5 Å². The Morgan fingerprint density at radius 2 is 1.62 bits per heavy atom. The van der Waals surface area contributed by atoms with Crippen molar-refractivity contribution >= 4 is 11.6 Å². The number of ether oxygens (including phenoxy) is 3. The van der Waals surface area contributed by atoms with Crippen LogP contribution in [0.15, 0.2) is 48.5 Å². The van der Waals surface area contributed by atoms with Crippen LogP contribution in [0.5, 0.6) is 11.5 Å². The maximum atomic E-state index is 13.5. The summed E-state index contributed by atoms with van der Waals surface area (Å²) in [5.41, 5.74) is 1.16. The Bertz CT molecular complexity index is 912. The van der Waals surface area contributed by atoms with Gasteiger partial charge in [-0.3, -0.25) is 9.69 Å². The maximum Gasteiger partial charge on any atom is 0.235 e. The molecule has 0 aromatic heterocycles. The highest BCUT2D eigenvalue weighted by Crippen LogP contribution is 2.37. The average molecular weight is 467 g/mol. The number of hydrogen-bond acceptors (Lipinski definition) is 5. The van der Waals surface area contributed by atoms with Gasteiger partial charge in [-0.2, -0.15) is 0 Å². The lowest BCUT2D eigenvalue weighted by Crippen LogP contribution is -2.44. The number of benzene rings is 2. The number of piperidine rings is 1. The van der Waals surface area contributed by atoms with Crippen molar-refractivity contribution in [3.63, 3.8) is 0 Å². The largest absolute Gasteiger partial charge is 0.497 e. The number of methoxy groups -OCH3 is 1. The predicted molar refractivity (Wildman–Crippen MR) is 135 cm³/mol. The number of rotatable bonds is 8. The second-order valence-electron chi connectivity index (χ2n) is 9.96. The normalized spacial score (nSPS) is 22.7. The molecule has 2 fully saturated rings. The minimum atomic E-state index is -0.609. The van der Waals surface area contributed by atoms with Gasteiger partial charge in [0.15, 0.2) is 0 Å². The third kappa shape index (κ3) is 5.91. The summed E-state index contributed by atoms with van der Waals surface area (Å²) in [5.74, 6) is 3.12. The minimum Gasteiger partial charge on any atom is -0.497 e. The third-order valence-corrected chi connectivity index (χ3v) is 7.16. The summed E-state index contributed by atoms with van der Waals surface area (Å²) in [5, 5.41) is 3.13. The van der Waals surface area contributed by atoms with E-state index in [1.165, 1.54) is 6.42 Å². The van der Waals surface area contributed by atoms with Crippen LogP contribution in [0.3, 0.4) is 0 Å². The maximum absolute atomic E-state index is 13.5. The Morgan fingerprint density at radius 1 is 1.00 bits per heavy atom. The molecule has 0 unspecified atom stereocenters. The molecule has 0 spiro atoms. The first-order chi connectivity index (χ1) is 16.5. The summed E-state index contributed by atoms with van der Waals surface area (Å²) >= 11 is 0. The Labute approximate surface area is 203 Å². The molecular weight excluding hydrogens is 428 g/mol. The van der Waals surface area contributed by atoms with E-state index in [2.05, 4.69) is 24.1 Å². The predicted octanol–water partition coefficient (Wildman–Crippen LogP) is 4.74. The average Bonchev–Trinajstić information content (AvgIpc) is 2.85. The number of carbonyl (C=O) groups excluding carboxylic acids is 1. The van der Waals surface area contributed by atoms with Crippen LogP contribution in [-0.2, 0) is 14.9 Å². The van der Waals surface area contributed by atoms with Gasteiger partial charge >= 0.3 is 0 Å². The molecule has 6 nitrogen and oxygen atoms in total. The molecule has 2 atom stereocenters. The van der Waals surface area contributed by atoms with Gasteiger partial charge in [0, 0.05) is 38.5 Å². The van der Waals surface area contributed by atoms with Crippen LogP contribution in [-0.4, -0.2) is 57.4 Å². The van der Waals surface area contributed by atoms with Crippen LogP contribution in [0.2, 0.25) is 0 Å². The molecule has 34 heavy (non-hydrogen) atoms. The second-order valence-corrected chi connectivity index (χ2v) is 9.96. The summed E-state index contributed by atoms with van der Waals surface area (Å²) in [6.45, 7) is 9.72. The lowest BCUT2D eigenvalue weighted by Gasteiger charge is -2.36. The number of hydrogen-bond donors (Lipinski definition) is 1. The molecule has 2 aliphatic heterocycles. The quantitative estimate of drug-likeness (QED) is 0.609. The lowest BCUT2D eigenvalue weighted by atomic mass is 9.73. The third-order valence-electron chi connectivity index (χ3n) is 7.16. The summed E-state index contributed by atoms with van der Waals surface area (Å²) < 4.78 is 16.8. The van der Waals surface area contributed by atoms with Gasteiger partial charge in [0.2, 0.25) is 5.91 Å². The minimum absolute atomic E-state index is 0.00275. The molecule has 0 bridgehead atoms. The van der Waals surface area contributed by atoms with E-state index < -0.39 is 5.41 Å². The van der Waals surface area contributed by atoms with Crippen molar-refractivity contribution in [1.29, 1.82) is 0 Å². The van der Waals surface area contributed by atoms with Crippen molar-refractivity contribution < 1.29 is 19.0 Å². The van der Waals surface area contributed by atoms with E-state index in [0.29, 0.717) is 32.7 Å². The number of likely N-dealkylation sites (tertiary alicyclic amines) is 1. The molecule has 4 rings (SSSR count). The van der Waals surface area contributed by atoms with E-state index in [1.54, 1.807) is 7.11 Å². The molecule has 0 saturated carbocycles. The van der Waals surface area contributed by atoms with Crippen molar-refractivity contribution in [2.75, 3.05) is 51.9 Å². The molecule has 2 heterocycles. The standard InChI is InChI=1S/C28H38N2O4/c1-21-18-22(2)20-30(19-21)14-17-34-26-10-6-24(7-11-26)29-27(31)28(12-15-33-16-13-28)23-4-8-25(32-3)9-5-23/h4-11,21-22H,12-20H2,1-3H3,(H,29,31)/t21-,22-/m1/s1. The van der Waals surface area contributed by atoms with Crippen LogP contribution in [0.4, 0.5) is 5.69 Å². The molecule has 2 aromatic carbocycles. The van der Waals surface area contributed by atoms with Gasteiger partial charge in [0.05, 0.1) is 12.5 Å². The fourth-order valence-corrected chi connectivity index (χ4v) is 5.43. The van der Waals surface area contributed by atoms with Gasteiger partial charge in [0.1, 0.15) is 18.1 Å². The lowest BCUT2D eigenvalue weighted by molar-refractivity contribution is -0.125. The molecule has 184 valence electrons. The number of nitrogens with one attached hydrogen (secondary N) is 1. The van der Waals surface area contributed by atoms with Crippen molar-refractivity contribution in [3.8, 4) is 11.5 Å². The fourth-order valence-electron chi connectivity index (χ4n) is 5.43. The van der Waals surface area contributed by atoms with E-state index in [4.69, 9.17) is 14.2 Å². The van der Waals surface area contributed by atoms with Gasteiger partial charge in [-0.1, -0.05) is 26.0 Å². The van der Waals surface area contributed by atoms with Gasteiger partial charge in [-0.25, -0.2) is 0 Å². The highest BCUT2D eigenvalue weighted by Gasteiger charge is 2.41. The Kier molecular flexibility index (Phi) is 8.11. The first-order valence-corrected chi connectivity index (χ1v) is 12.5. The van der Waals surface area contributed by atoms with E-state index in [1.807, 2.05) is 48.5 Å². The van der Waals surface area contributed by atoms with Crippen molar-refractivity contribution in [3.05, 3.63) is 54.1 Å². The molecule has 0 aliphatic carbocycles. The summed E-state index contributed by atoms with van der Waals surface area (Å²) in [6.07, 6.45) is 2.62. The van der Waals surface area contributed by atoms with Crippen LogP contribution < -0.4 is 14.8 Å². The number of amides is 1. The summed E-state index contributed by atoms with van der Waals surface area (Å²) in [4.78, 5) is 16.0. The monoisotopic (exact) mass is 466 g/mol. The van der Waals surface area contributed by atoms with E-state index in [9.17, 15) is 4.79 Å². The number of carbonyl (C=O) groups is 1. The Balaban J connectivity index is 1.35. The Hall–Kier alpha value is -2.57. The topological polar surface area (TPSA) is 60.0 Å². The summed E-state index contributed by atoms with van der Waals surface area (Å²) in [6, 6.07) is 15.5. The number of anilines is 1. The van der Waals surface area contributed by atoms with Crippen LogP contribution >= 0.6 is 0 Å². The van der Waals surface area contributed by atoms with E-state index >= 15 is 0 Å². The highest BCUT2D eigenvalue weighted by atomic mass is 16.5. The first kappa shape index (κ1) is 24.6. The van der Waals surface area contributed by atoms with Crippen LogP contribution in [0.25, 0.3) is 0 Å². The zero-order valence-electron chi connectivity index (χ0n) is 20.7. The SMILES string of the molecule is COc1ccc(C2(C(=O)Nc3ccc(OCCN4C[C@H](C)C[C@@H](C)C4)cc3)CCOCC2)cc1. The first-order valence-electron chi connectivity index (χ1n) is 12.5. The molecule has 2 aliphatic rings. The van der Waals surface area contributed by atoms with Crippen molar-refractivity contribution in [1.82, 2.24) is 4.90 Å². The van der Waals surface area contributed by atoms with Gasteiger partial charge < -0.3 is 19.5 Å². The highest BCUT2D eigenvalue weighted by molar-refractivity contribution is 5.99. The molecule has 0 radical (unpaired) electrons. The molecule has 2 aromatic rings. The van der Waals surface area contributed by atoms with Gasteiger partial charge in [-0.05, 0) is 73.1 Å². The van der Waals surface area contributed by atoms with E-state index in [0.717, 1.165) is 54.2 Å². The smallest absolute Gasteiger partial charge is 0.235 e. The second kappa shape index (κ2) is 11.2. The summed E-state index contributed by atoms with van der Waals surface area (Å²) in [7, 11) is 1.65. The van der Waals surface area contributed by atoms with Crippen LogP contribution in [0.1, 0.15) is 38.7 Å². The van der Waals surface area contributed by atoms with Crippen LogP contribution in [0, 0.1) is 11.8 Å². The Morgan fingerprint density at radius 3 is 2.24 bits per heavy atom. The molecule has 2 saturated heterocycles.